The highest BCUT2D eigenvalue weighted by Gasteiger charge is 2.16. The normalized spacial score (nSPS) is 11.4. The first-order valence-corrected chi connectivity index (χ1v) is 6.50. The predicted octanol–water partition coefficient (Wildman–Crippen LogP) is 2.27. The van der Waals surface area contributed by atoms with E-state index in [0.29, 0.717) is 0 Å². The molecule has 15 heavy (non-hydrogen) atoms. The molecule has 1 aromatic rings. The van der Waals surface area contributed by atoms with Crippen molar-refractivity contribution in [2.24, 2.45) is 0 Å². The maximum atomic E-state index is 11.9. The summed E-state index contributed by atoms with van der Waals surface area (Å²) in [6.07, 6.45) is 0. The van der Waals surface area contributed by atoms with E-state index >= 15 is 0 Å². The van der Waals surface area contributed by atoms with Gasteiger partial charge in [0.25, 0.3) is 9.05 Å². The zero-order valence-corrected chi connectivity index (χ0v) is 9.61. The van der Waals surface area contributed by atoms with Gasteiger partial charge in [-0.2, -0.15) is 0 Å². The van der Waals surface area contributed by atoms with Crippen LogP contribution in [0.3, 0.4) is 0 Å². The van der Waals surface area contributed by atoms with Crippen molar-refractivity contribution in [3.05, 3.63) is 23.8 Å². The SMILES string of the molecule is Cc1ccc(OCCF)c(S(=O)(=O)Cl)c1. The van der Waals surface area contributed by atoms with E-state index in [4.69, 9.17) is 15.4 Å². The summed E-state index contributed by atoms with van der Waals surface area (Å²) in [5.41, 5.74) is 0.738. The van der Waals surface area contributed by atoms with Crippen molar-refractivity contribution in [1.29, 1.82) is 0 Å². The molecule has 3 nitrogen and oxygen atoms in total. The first kappa shape index (κ1) is 12.3. The van der Waals surface area contributed by atoms with Gasteiger partial charge in [0.15, 0.2) is 0 Å². The van der Waals surface area contributed by atoms with Gasteiger partial charge in [-0.25, -0.2) is 12.8 Å². The Morgan fingerprint density at radius 1 is 1.47 bits per heavy atom. The lowest BCUT2D eigenvalue weighted by Gasteiger charge is -2.08. The summed E-state index contributed by atoms with van der Waals surface area (Å²) in [6.45, 7) is 0.850. The summed E-state index contributed by atoms with van der Waals surface area (Å²) in [6, 6.07) is 4.51. The van der Waals surface area contributed by atoms with Crippen molar-refractivity contribution in [3.8, 4) is 5.75 Å². The fraction of sp³-hybridized carbons (Fsp3) is 0.333. The van der Waals surface area contributed by atoms with Gasteiger partial charge in [0.1, 0.15) is 23.9 Å². The van der Waals surface area contributed by atoms with Gasteiger partial charge in [-0.15, -0.1) is 0 Å². The minimum absolute atomic E-state index is 0.0771. The van der Waals surface area contributed by atoms with E-state index in [-0.39, 0.29) is 17.3 Å². The molecule has 84 valence electrons. The molecule has 0 saturated heterocycles. The topological polar surface area (TPSA) is 43.4 Å². The second kappa shape index (κ2) is 4.81. The van der Waals surface area contributed by atoms with Gasteiger partial charge in [-0.1, -0.05) is 6.07 Å². The van der Waals surface area contributed by atoms with Crippen LogP contribution in [0, 0.1) is 6.92 Å². The molecule has 0 aromatic heterocycles. The average Bonchev–Trinajstić information content (AvgIpc) is 2.14. The summed E-state index contributed by atoms with van der Waals surface area (Å²) < 4.78 is 39.1. The Morgan fingerprint density at radius 3 is 2.67 bits per heavy atom. The number of ether oxygens (including phenoxy) is 1. The standard InChI is InChI=1S/C9H10ClFO3S/c1-7-2-3-8(14-5-4-11)9(6-7)15(10,12)13/h2-3,6H,4-5H2,1H3. The molecule has 0 atom stereocenters. The smallest absolute Gasteiger partial charge is 0.264 e. The molecule has 0 N–H and O–H groups in total. The molecule has 0 aliphatic heterocycles. The van der Waals surface area contributed by atoms with E-state index in [1.807, 2.05) is 0 Å². The maximum Gasteiger partial charge on any atom is 0.264 e. The van der Waals surface area contributed by atoms with Crippen molar-refractivity contribution in [2.75, 3.05) is 13.3 Å². The second-order valence-electron chi connectivity index (χ2n) is 2.93. The molecule has 0 fully saturated rings. The molecule has 0 aliphatic carbocycles. The summed E-state index contributed by atoms with van der Waals surface area (Å²) in [5.74, 6) is 0.0771. The van der Waals surface area contributed by atoms with E-state index in [1.54, 1.807) is 13.0 Å². The molecular weight excluding hydrogens is 243 g/mol. The van der Waals surface area contributed by atoms with Gasteiger partial charge in [0.2, 0.25) is 0 Å². The molecule has 0 saturated carbocycles. The monoisotopic (exact) mass is 252 g/mol. The summed E-state index contributed by atoms with van der Waals surface area (Å²) >= 11 is 0. The van der Waals surface area contributed by atoms with Gasteiger partial charge in [0.05, 0.1) is 0 Å². The van der Waals surface area contributed by atoms with Crippen LogP contribution in [-0.2, 0) is 9.05 Å². The molecule has 1 rings (SSSR count). The molecule has 1 aromatic carbocycles. The van der Waals surface area contributed by atoms with Crippen LogP contribution in [0.25, 0.3) is 0 Å². The van der Waals surface area contributed by atoms with Crippen LogP contribution in [-0.4, -0.2) is 21.7 Å². The molecule has 0 unspecified atom stereocenters. The third-order valence-corrected chi connectivity index (χ3v) is 3.04. The van der Waals surface area contributed by atoms with Gasteiger partial charge in [-0.05, 0) is 24.6 Å². The van der Waals surface area contributed by atoms with E-state index in [1.165, 1.54) is 12.1 Å². The largest absolute Gasteiger partial charge is 0.489 e. The predicted molar refractivity (Wildman–Crippen MR) is 55.7 cm³/mol. The third-order valence-electron chi connectivity index (χ3n) is 1.70. The van der Waals surface area contributed by atoms with Gasteiger partial charge in [0, 0.05) is 10.7 Å². The van der Waals surface area contributed by atoms with Crippen LogP contribution in [0.15, 0.2) is 23.1 Å². The molecule has 0 aliphatic rings. The zero-order valence-electron chi connectivity index (χ0n) is 8.04. The number of rotatable bonds is 4. The first-order chi connectivity index (χ1) is 6.95. The Labute approximate surface area is 92.2 Å². The fourth-order valence-electron chi connectivity index (χ4n) is 1.07. The van der Waals surface area contributed by atoms with Gasteiger partial charge >= 0.3 is 0 Å². The van der Waals surface area contributed by atoms with E-state index in [9.17, 15) is 12.8 Å². The van der Waals surface area contributed by atoms with Crippen LogP contribution in [0.1, 0.15) is 5.56 Å². The fourth-order valence-corrected chi connectivity index (χ4v) is 2.13. The maximum absolute atomic E-state index is 11.9. The van der Waals surface area contributed by atoms with Crippen LogP contribution >= 0.6 is 10.7 Å². The van der Waals surface area contributed by atoms with Crippen LogP contribution in [0.4, 0.5) is 4.39 Å². The molecule has 6 heteroatoms. The lowest BCUT2D eigenvalue weighted by atomic mass is 10.2. The van der Waals surface area contributed by atoms with E-state index in [2.05, 4.69) is 0 Å². The highest BCUT2D eigenvalue weighted by atomic mass is 35.7. The second-order valence-corrected chi connectivity index (χ2v) is 5.46. The van der Waals surface area contributed by atoms with Crippen molar-refractivity contribution in [2.45, 2.75) is 11.8 Å². The first-order valence-electron chi connectivity index (χ1n) is 4.19. The Bertz CT molecular complexity index is 445. The van der Waals surface area contributed by atoms with E-state index in [0.717, 1.165) is 5.56 Å². The molecular formula is C9H10ClFO3S. The van der Waals surface area contributed by atoms with Crippen molar-refractivity contribution >= 4 is 19.7 Å². The number of aryl methyl sites for hydroxylation is 1. The van der Waals surface area contributed by atoms with Crippen LogP contribution in [0.5, 0.6) is 5.75 Å². The highest BCUT2D eigenvalue weighted by molar-refractivity contribution is 8.13. The third kappa shape index (κ3) is 3.35. The van der Waals surface area contributed by atoms with E-state index < -0.39 is 15.7 Å². The minimum Gasteiger partial charge on any atom is -0.489 e. The molecule has 0 heterocycles. The van der Waals surface area contributed by atoms with Gasteiger partial charge < -0.3 is 4.74 Å². The molecule has 0 radical (unpaired) electrons. The molecule has 0 amide bonds. The molecule has 0 bridgehead atoms. The Balaban J connectivity index is 3.15. The number of alkyl halides is 1. The minimum atomic E-state index is -3.86. The quantitative estimate of drug-likeness (QED) is 0.772. The summed E-state index contributed by atoms with van der Waals surface area (Å²) in [4.78, 5) is -0.127. The lowest BCUT2D eigenvalue weighted by molar-refractivity contribution is 0.267. The van der Waals surface area contributed by atoms with Crippen molar-refractivity contribution in [3.63, 3.8) is 0 Å². The lowest BCUT2D eigenvalue weighted by Crippen LogP contribution is -2.03. The number of benzene rings is 1. The van der Waals surface area contributed by atoms with Crippen molar-refractivity contribution < 1.29 is 17.5 Å². The average molecular weight is 253 g/mol. The Hall–Kier alpha value is -0.810. The van der Waals surface area contributed by atoms with Crippen LogP contribution < -0.4 is 4.74 Å². The summed E-state index contributed by atoms with van der Waals surface area (Å²) in [5, 5.41) is 0. The van der Waals surface area contributed by atoms with Gasteiger partial charge in [-0.3, -0.25) is 0 Å². The highest BCUT2D eigenvalue weighted by Crippen LogP contribution is 2.27. The number of halogens is 2. The molecule has 0 spiro atoms. The number of hydrogen-bond acceptors (Lipinski definition) is 3. The number of hydrogen-bond donors (Lipinski definition) is 0. The van der Waals surface area contributed by atoms with Crippen LogP contribution in [0.2, 0.25) is 0 Å². The zero-order chi connectivity index (χ0) is 11.5. The Morgan fingerprint density at radius 2 is 2.13 bits per heavy atom. The van der Waals surface area contributed by atoms with Crippen molar-refractivity contribution in [1.82, 2.24) is 0 Å². The summed E-state index contributed by atoms with van der Waals surface area (Å²) in [7, 11) is 1.35. The Kier molecular flexibility index (Phi) is 3.93.